The van der Waals surface area contributed by atoms with Gasteiger partial charge < -0.3 is 9.84 Å². The van der Waals surface area contributed by atoms with Crippen LogP contribution in [0.25, 0.3) is 0 Å². The molecule has 1 N–H and O–H groups in total. The van der Waals surface area contributed by atoms with Gasteiger partial charge in [0.25, 0.3) is 0 Å². The average Bonchev–Trinajstić information content (AvgIpc) is 3.07. The third-order valence-electron chi connectivity index (χ3n) is 4.22. The van der Waals surface area contributed by atoms with Crippen LogP contribution in [-0.2, 0) is 9.53 Å². The fourth-order valence-corrected chi connectivity index (χ4v) is 3.03. The molecule has 3 heteroatoms. The molecule has 3 fully saturated rings. The first-order valence-corrected chi connectivity index (χ1v) is 6.07. The van der Waals surface area contributed by atoms with E-state index in [-0.39, 0.29) is 6.10 Å². The molecule has 15 heavy (non-hydrogen) atoms. The molecule has 2 aliphatic carbocycles. The lowest BCUT2D eigenvalue weighted by Crippen LogP contribution is -2.40. The van der Waals surface area contributed by atoms with Crippen LogP contribution in [0.4, 0.5) is 0 Å². The molecule has 0 aromatic heterocycles. The largest absolute Gasteiger partial charge is 0.481 e. The van der Waals surface area contributed by atoms with E-state index in [4.69, 9.17) is 4.74 Å². The lowest BCUT2D eigenvalue weighted by Gasteiger charge is -2.29. The molecule has 1 heterocycles. The van der Waals surface area contributed by atoms with E-state index in [1.54, 1.807) is 0 Å². The summed E-state index contributed by atoms with van der Waals surface area (Å²) in [6.07, 6.45) is 6.42. The Morgan fingerprint density at radius 1 is 1.33 bits per heavy atom. The zero-order valence-electron chi connectivity index (χ0n) is 8.95. The lowest BCUT2D eigenvalue weighted by molar-refractivity contribution is -0.154. The van der Waals surface area contributed by atoms with Gasteiger partial charge in [0.05, 0.1) is 11.5 Å². The van der Waals surface area contributed by atoms with Crippen molar-refractivity contribution in [3.05, 3.63) is 0 Å². The molecule has 2 unspecified atom stereocenters. The van der Waals surface area contributed by atoms with Gasteiger partial charge in [-0.1, -0.05) is 12.8 Å². The Balaban J connectivity index is 1.82. The van der Waals surface area contributed by atoms with Gasteiger partial charge in [0.15, 0.2) is 0 Å². The van der Waals surface area contributed by atoms with Gasteiger partial charge in [-0.25, -0.2) is 0 Å². The van der Waals surface area contributed by atoms with Crippen molar-refractivity contribution < 1.29 is 14.6 Å². The lowest BCUT2D eigenvalue weighted by atomic mass is 9.74. The van der Waals surface area contributed by atoms with Crippen molar-refractivity contribution in [2.45, 2.75) is 44.6 Å². The number of ether oxygens (including phenoxy) is 1. The summed E-state index contributed by atoms with van der Waals surface area (Å²) in [7, 11) is 0. The van der Waals surface area contributed by atoms with Crippen molar-refractivity contribution in [2.75, 3.05) is 6.61 Å². The Labute approximate surface area is 89.8 Å². The van der Waals surface area contributed by atoms with Gasteiger partial charge in [-0.15, -0.1) is 0 Å². The summed E-state index contributed by atoms with van der Waals surface area (Å²) >= 11 is 0. The topological polar surface area (TPSA) is 46.5 Å². The molecule has 84 valence electrons. The normalized spacial score (nSPS) is 40.7. The van der Waals surface area contributed by atoms with Gasteiger partial charge >= 0.3 is 5.97 Å². The molecule has 3 rings (SSSR count). The predicted octanol–water partition coefficient (Wildman–Crippen LogP) is 2.06. The molecule has 0 bridgehead atoms. The molecule has 2 atom stereocenters. The second-order valence-corrected chi connectivity index (χ2v) is 5.49. The van der Waals surface area contributed by atoms with Gasteiger partial charge in [0.2, 0.25) is 0 Å². The van der Waals surface area contributed by atoms with Crippen molar-refractivity contribution in [1.82, 2.24) is 0 Å². The zero-order chi connectivity index (χ0) is 10.5. The standard InChI is InChI=1S/C12H18O3/c13-11(14)12(7-8-1-2-8)5-6-15-10(12)9-3-4-9/h8-10H,1-7H2,(H,13,14). The van der Waals surface area contributed by atoms with Crippen LogP contribution in [0, 0.1) is 17.3 Å². The number of hydrogen-bond acceptors (Lipinski definition) is 2. The Bertz CT molecular complexity index is 281. The predicted molar refractivity (Wildman–Crippen MR) is 54.5 cm³/mol. The summed E-state index contributed by atoms with van der Waals surface area (Å²) in [5, 5.41) is 9.51. The molecule has 3 nitrogen and oxygen atoms in total. The molecule has 1 aliphatic heterocycles. The molecule has 0 spiro atoms. The highest BCUT2D eigenvalue weighted by Gasteiger charge is 2.57. The third-order valence-corrected chi connectivity index (χ3v) is 4.22. The molecule has 0 aromatic carbocycles. The van der Waals surface area contributed by atoms with E-state index in [0.717, 1.165) is 12.8 Å². The number of carboxylic acids is 1. The maximum absolute atomic E-state index is 11.5. The Kier molecular flexibility index (Phi) is 2.06. The van der Waals surface area contributed by atoms with Gasteiger partial charge in [0, 0.05) is 6.61 Å². The highest BCUT2D eigenvalue weighted by atomic mass is 16.5. The molecule has 0 amide bonds. The van der Waals surface area contributed by atoms with E-state index in [1.165, 1.54) is 25.7 Å². The van der Waals surface area contributed by atoms with Crippen molar-refractivity contribution in [3.8, 4) is 0 Å². The fourth-order valence-electron chi connectivity index (χ4n) is 3.03. The summed E-state index contributed by atoms with van der Waals surface area (Å²) in [6.45, 7) is 0.653. The van der Waals surface area contributed by atoms with Gasteiger partial charge in [-0.05, 0) is 37.5 Å². The molecule has 0 aromatic rings. The Hall–Kier alpha value is -0.570. The van der Waals surface area contributed by atoms with Gasteiger partial charge in [-0.3, -0.25) is 4.79 Å². The van der Waals surface area contributed by atoms with Crippen LogP contribution in [0.2, 0.25) is 0 Å². The van der Waals surface area contributed by atoms with Crippen LogP contribution in [0.5, 0.6) is 0 Å². The first-order chi connectivity index (χ1) is 7.22. The van der Waals surface area contributed by atoms with Gasteiger partial charge in [0.1, 0.15) is 0 Å². The van der Waals surface area contributed by atoms with E-state index in [2.05, 4.69) is 0 Å². The van der Waals surface area contributed by atoms with Crippen LogP contribution in [0.3, 0.4) is 0 Å². The van der Waals surface area contributed by atoms with Crippen LogP contribution in [-0.4, -0.2) is 23.8 Å². The summed E-state index contributed by atoms with van der Waals surface area (Å²) in [4.78, 5) is 11.5. The summed E-state index contributed by atoms with van der Waals surface area (Å²) in [5.74, 6) is 0.607. The van der Waals surface area contributed by atoms with E-state index in [1.807, 2.05) is 0 Å². The smallest absolute Gasteiger partial charge is 0.312 e. The van der Waals surface area contributed by atoms with Gasteiger partial charge in [-0.2, -0.15) is 0 Å². The Morgan fingerprint density at radius 3 is 2.60 bits per heavy atom. The SMILES string of the molecule is O=C(O)C1(CC2CC2)CCOC1C1CC1. The summed E-state index contributed by atoms with van der Waals surface area (Å²) < 4.78 is 5.70. The monoisotopic (exact) mass is 210 g/mol. The molecule has 0 radical (unpaired) electrons. The highest BCUT2D eigenvalue weighted by Crippen LogP contribution is 2.53. The highest BCUT2D eigenvalue weighted by molar-refractivity contribution is 5.76. The maximum Gasteiger partial charge on any atom is 0.312 e. The maximum atomic E-state index is 11.5. The number of carboxylic acid groups (broad SMARTS) is 1. The average molecular weight is 210 g/mol. The fraction of sp³-hybridized carbons (Fsp3) is 0.917. The molecule has 3 aliphatic rings. The number of aliphatic carboxylic acids is 1. The zero-order valence-corrected chi connectivity index (χ0v) is 8.95. The summed E-state index contributed by atoms with van der Waals surface area (Å²) in [5.41, 5.74) is -0.525. The van der Waals surface area contributed by atoms with E-state index < -0.39 is 11.4 Å². The second kappa shape index (κ2) is 3.21. The molecular formula is C12H18O3. The third kappa shape index (κ3) is 1.57. The van der Waals surface area contributed by atoms with Crippen LogP contribution >= 0.6 is 0 Å². The molecular weight excluding hydrogens is 192 g/mol. The van der Waals surface area contributed by atoms with Crippen molar-refractivity contribution in [3.63, 3.8) is 0 Å². The number of carbonyl (C=O) groups is 1. The van der Waals surface area contributed by atoms with E-state index in [0.29, 0.717) is 18.4 Å². The van der Waals surface area contributed by atoms with E-state index in [9.17, 15) is 9.90 Å². The summed E-state index contributed by atoms with van der Waals surface area (Å²) in [6, 6.07) is 0. The van der Waals surface area contributed by atoms with E-state index >= 15 is 0 Å². The quantitative estimate of drug-likeness (QED) is 0.772. The molecule has 1 saturated heterocycles. The number of hydrogen-bond donors (Lipinski definition) is 1. The van der Waals surface area contributed by atoms with Crippen molar-refractivity contribution in [1.29, 1.82) is 0 Å². The first kappa shape index (κ1) is 9.64. The molecule has 2 saturated carbocycles. The first-order valence-electron chi connectivity index (χ1n) is 6.07. The van der Waals surface area contributed by atoms with Crippen LogP contribution < -0.4 is 0 Å². The second-order valence-electron chi connectivity index (χ2n) is 5.49. The van der Waals surface area contributed by atoms with Crippen LogP contribution in [0.15, 0.2) is 0 Å². The minimum atomic E-state index is -0.608. The number of rotatable bonds is 4. The Morgan fingerprint density at radius 2 is 2.07 bits per heavy atom. The minimum Gasteiger partial charge on any atom is -0.481 e. The van der Waals surface area contributed by atoms with Crippen molar-refractivity contribution >= 4 is 5.97 Å². The van der Waals surface area contributed by atoms with Crippen molar-refractivity contribution in [2.24, 2.45) is 17.3 Å². The van der Waals surface area contributed by atoms with Crippen LogP contribution in [0.1, 0.15) is 38.5 Å². The minimum absolute atomic E-state index is 0.0237.